The van der Waals surface area contributed by atoms with Crippen LogP contribution < -0.4 is 0 Å². The zero-order valence-corrected chi connectivity index (χ0v) is 9.41. The number of rotatable bonds is 1. The number of hydrogen-bond donors (Lipinski definition) is 0. The molecule has 0 unspecified atom stereocenters. The molecule has 1 heterocycles. The van der Waals surface area contributed by atoms with Gasteiger partial charge in [-0.1, -0.05) is 6.07 Å². The third-order valence-corrected chi connectivity index (χ3v) is 4.11. The first-order valence-electron chi connectivity index (χ1n) is 3.86. The van der Waals surface area contributed by atoms with Crippen LogP contribution in [0, 0.1) is 6.92 Å². The molecule has 0 bridgehead atoms. The number of aryl methyl sites for hydroxylation is 1. The van der Waals surface area contributed by atoms with E-state index in [0.29, 0.717) is 5.56 Å². The number of halogens is 1. The van der Waals surface area contributed by atoms with Gasteiger partial charge in [0.05, 0.1) is 0 Å². The van der Waals surface area contributed by atoms with Crippen molar-refractivity contribution < 1.29 is 4.79 Å². The minimum absolute atomic E-state index is 0.717. The molecule has 0 spiro atoms. The number of hydrogen-bond acceptors (Lipinski definition) is 2. The number of fused-ring (bicyclic) bond motifs is 1. The minimum Gasteiger partial charge on any atom is -0.298 e. The van der Waals surface area contributed by atoms with Gasteiger partial charge in [-0.05, 0) is 40.4 Å². The Morgan fingerprint density at radius 2 is 2.23 bits per heavy atom. The summed E-state index contributed by atoms with van der Waals surface area (Å²) in [5.74, 6) is 0. The molecule has 0 aliphatic heterocycles. The number of benzene rings is 1. The summed E-state index contributed by atoms with van der Waals surface area (Å²) >= 11 is 5.14. The fourth-order valence-electron chi connectivity index (χ4n) is 1.30. The highest BCUT2D eigenvalue weighted by Gasteiger charge is 2.06. The number of carbonyl (C=O) groups is 1. The molecule has 0 aliphatic rings. The molecule has 1 aromatic heterocycles. The summed E-state index contributed by atoms with van der Waals surface area (Å²) in [6, 6.07) is 5.94. The molecule has 1 nitrogen and oxygen atoms in total. The maximum Gasteiger partial charge on any atom is 0.151 e. The highest BCUT2D eigenvalue weighted by atomic mass is 79.9. The van der Waals surface area contributed by atoms with Crippen molar-refractivity contribution in [3.63, 3.8) is 0 Å². The van der Waals surface area contributed by atoms with E-state index in [1.54, 1.807) is 11.3 Å². The summed E-state index contributed by atoms with van der Waals surface area (Å²) in [5, 5.41) is 1.19. The van der Waals surface area contributed by atoms with Gasteiger partial charge in [-0.25, -0.2) is 0 Å². The first-order chi connectivity index (χ1) is 6.22. The van der Waals surface area contributed by atoms with E-state index in [-0.39, 0.29) is 0 Å². The van der Waals surface area contributed by atoms with Crippen LogP contribution in [0.15, 0.2) is 22.7 Å². The third kappa shape index (κ3) is 1.42. The summed E-state index contributed by atoms with van der Waals surface area (Å²) in [5.41, 5.74) is 0.717. The van der Waals surface area contributed by atoms with Crippen molar-refractivity contribution in [2.24, 2.45) is 0 Å². The van der Waals surface area contributed by atoms with E-state index in [4.69, 9.17) is 0 Å². The zero-order chi connectivity index (χ0) is 9.42. The van der Waals surface area contributed by atoms with Crippen LogP contribution in [0.25, 0.3) is 10.1 Å². The highest BCUT2D eigenvalue weighted by molar-refractivity contribution is 9.10. The Bertz CT molecular complexity index is 473. The topological polar surface area (TPSA) is 17.1 Å². The summed E-state index contributed by atoms with van der Waals surface area (Å²) in [4.78, 5) is 11.9. The Morgan fingerprint density at radius 3 is 2.92 bits per heavy atom. The number of aldehydes is 1. The molecule has 0 saturated heterocycles. The Balaban J connectivity index is 2.85. The summed E-state index contributed by atoms with van der Waals surface area (Å²) in [7, 11) is 0. The standard InChI is InChI=1S/C10H7BrOS/c1-6-4-7-2-3-8(5-12)9(11)10(7)13-6/h2-5H,1H3. The minimum atomic E-state index is 0.717. The molecule has 1 aromatic carbocycles. The van der Waals surface area contributed by atoms with Gasteiger partial charge < -0.3 is 0 Å². The predicted molar refractivity (Wildman–Crippen MR) is 59.6 cm³/mol. The molecular weight excluding hydrogens is 248 g/mol. The summed E-state index contributed by atoms with van der Waals surface area (Å²) in [6.07, 6.45) is 0.874. The molecule has 0 saturated carbocycles. The van der Waals surface area contributed by atoms with Crippen LogP contribution in [0.1, 0.15) is 15.2 Å². The molecule has 3 heteroatoms. The average molecular weight is 255 g/mol. The fourth-order valence-corrected chi connectivity index (χ4v) is 2.96. The van der Waals surface area contributed by atoms with Crippen LogP contribution in [0.5, 0.6) is 0 Å². The van der Waals surface area contributed by atoms with Crippen LogP contribution >= 0.6 is 27.3 Å². The average Bonchev–Trinajstić information content (AvgIpc) is 2.47. The van der Waals surface area contributed by atoms with E-state index < -0.39 is 0 Å². The zero-order valence-electron chi connectivity index (χ0n) is 7.00. The second kappa shape index (κ2) is 3.24. The van der Waals surface area contributed by atoms with Crippen LogP contribution in [0.3, 0.4) is 0 Å². The maximum absolute atomic E-state index is 10.7. The van der Waals surface area contributed by atoms with Gasteiger partial charge in [0, 0.05) is 19.6 Å². The Hall–Kier alpha value is -0.670. The molecule has 2 rings (SSSR count). The lowest BCUT2D eigenvalue weighted by molar-refractivity contribution is 0.112. The van der Waals surface area contributed by atoms with Gasteiger partial charge in [0.25, 0.3) is 0 Å². The Morgan fingerprint density at radius 1 is 1.46 bits per heavy atom. The molecule has 0 radical (unpaired) electrons. The Labute approximate surface area is 88.5 Å². The summed E-state index contributed by atoms with van der Waals surface area (Å²) in [6.45, 7) is 2.07. The van der Waals surface area contributed by atoms with Gasteiger partial charge >= 0.3 is 0 Å². The maximum atomic E-state index is 10.7. The van der Waals surface area contributed by atoms with Crippen molar-refractivity contribution in [1.82, 2.24) is 0 Å². The highest BCUT2D eigenvalue weighted by Crippen LogP contribution is 2.33. The molecule has 0 atom stereocenters. The van der Waals surface area contributed by atoms with Gasteiger partial charge in [-0.2, -0.15) is 0 Å². The van der Waals surface area contributed by atoms with Crippen LogP contribution in [-0.4, -0.2) is 6.29 Å². The lowest BCUT2D eigenvalue weighted by Crippen LogP contribution is -1.80. The largest absolute Gasteiger partial charge is 0.298 e. The first-order valence-corrected chi connectivity index (χ1v) is 5.47. The molecule has 0 N–H and O–H groups in total. The van der Waals surface area contributed by atoms with Crippen molar-refractivity contribution in [3.8, 4) is 0 Å². The van der Waals surface area contributed by atoms with E-state index >= 15 is 0 Å². The second-order valence-electron chi connectivity index (χ2n) is 2.86. The fraction of sp³-hybridized carbons (Fsp3) is 0.100. The lowest BCUT2D eigenvalue weighted by Gasteiger charge is -1.96. The quantitative estimate of drug-likeness (QED) is 0.708. The lowest BCUT2D eigenvalue weighted by atomic mass is 10.2. The van der Waals surface area contributed by atoms with Gasteiger partial charge in [-0.15, -0.1) is 11.3 Å². The molecule has 2 aromatic rings. The summed E-state index contributed by atoms with van der Waals surface area (Å²) < 4.78 is 2.07. The smallest absolute Gasteiger partial charge is 0.151 e. The molecule has 66 valence electrons. The van der Waals surface area contributed by atoms with E-state index in [0.717, 1.165) is 15.5 Å². The monoisotopic (exact) mass is 254 g/mol. The van der Waals surface area contributed by atoms with Gasteiger partial charge in [-0.3, -0.25) is 4.79 Å². The van der Waals surface area contributed by atoms with Crippen molar-refractivity contribution >= 4 is 43.6 Å². The van der Waals surface area contributed by atoms with Crippen LogP contribution in [0.4, 0.5) is 0 Å². The molecule has 0 aliphatic carbocycles. The number of carbonyl (C=O) groups excluding carboxylic acids is 1. The Kier molecular flexibility index (Phi) is 2.22. The van der Waals surface area contributed by atoms with Gasteiger partial charge in [0.1, 0.15) is 0 Å². The van der Waals surface area contributed by atoms with E-state index in [2.05, 4.69) is 28.9 Å². The predicted octanol–water partition coefficient (Wildman–Crippen LogP) is 3.78. The van der Waals surface area contributed by atoms with E-state index in [1.807, 2.05) is 12.1 Å². The number of thiophene rings is 1. The normalized spacial score (nSPS) is 10.6. The van der Waals surface area contributed by atoms with Gasteiger partial charge in [0.2, 0.25) is 0 Å². The SMILES string of the molecule is Cc1cc2ccc(C=O)c(Br)c2s1. The van der Waals surface area contributed by atoms with Crippen LogP contribution in [-0.2, 0) is 0 Å². The van der Waals surface area contributed by atoms with Crippen molar-refractivity contribution in [2.75, 3.05) is 0 Å². The van der Waals surface area contributed by atoms with Crippen molar-refractivity contribution in [3.05, 3.63) is 33.1 Å². The molecule has 13 heavy (non-hydrogen) atoms. The van der Waals surface area contributed by atoms with Crippen molar-refractivity contribution in [1.29, 1.82) is 0 Å². The first kappa shape index (κ1) is 8.91. The molecular formula is C10H7BrOS. The van der Waals surface area contributed by atoms with E-state index in [9.17, 15) is 4.79 Å². The molecule has 0 fully saturated rings. The van der Waals surface area contributed by atoms with Crippen LogP contribution in [0.2, 0.25) is 0 Å². The second-order valence-corrected chi connectivity index (χ2v) is 4.91. The molecule has 0 amide bonds. The van der Waals surface area contributed by atoms with Crippen molar-refractivity contribution in [2.45, 2.75) is 6.92 Å². The third-order valence-electron chi connectivity index (χ3n) is 1.91. The van der Waals surface area contributed by atoms with E-state index in [1.165, 1.54) is 10.3 Å². The van der Waals surface area contributed by atoms with Gasteiger partial charge in [0.15, 0.2) is 6.29 Å².